The van der Waals surface area contributed by atoms with Crippen molar-refractivity contribution in [3.8, 4) is 0 Å². The number of hydrogen-bond acceptors (Lipinski definition) is 4. The average molecular weight is 364 g/mol. The summed E-state index contributed by atoms with van der Waals surface area (Å²) in [6, 6.07) is 8.51. The lowest BCUT2D eigenvalue weighted by Crippen LogP contribution is -2.25. The highest BCUT2D eigenvalue weighted by molar-refractivity contribution is 7.90. The van der Waals surface area contributed by atoms with Gasteiger partial charge in [0.25, 0.3) is 5.91 Å². The molecule has 1 aromatic heterocycles. The first-order chi connectivity index (χ1) is 11.3. The van der Waals surface area contributed by atoms with Crippen molar-refractivity contribution in [1.82, 2.24) is 5.32 Å². The van der Waals surface area contributed by atoms with E-state index in [-0.39, 0.29) is 16.8 Å². The number of carbonyl (C=O) groups is 1. The molecular formula is C18H21NO3S2. The van der Waals surface area contributed by atoms with E-state index in [9.17, 15) is 13.2 Å². The van der Waals surface area contributed by atoms with E-state index in [1.54, 1.807) is 35.6 Å². The molecule has 128 valence electrons. The lowest BCUT2D eigenvalue weighted by Gasteiger charge is -2.14. The van der Waals surface area contributed by atoms with Gasteiger partial charge in [-0.1, -0.05) is 12.1 Å². The zero-order valence-corrected chi connectivity index (χ0v) is 15.5. The van der Waals surface area contributed by atoms with E-state index in [2.05, 4.69) is 5.32 Å². The Hall–Kier alpha value is -1.66. The van der Waals surface area contributed by atoms with Crippen LogP contribution in [0.25, 0.3) is 0 Å². The molecule has 3 rings (SSSR count). The lowest BCUT2D eigenvalue weighted by molar-refractivity contribution is 0.0944. The maximum Gasteiger partial charge on any atom is 0.261 e. The minimum Gasteiger partial charge on any atom is -0.345 e. The highest BCUT2D eigenvalue weighted by Crippen LogP contribution is 2.30. The van der Waals surface area contributed by atoms with E-state index in [0.717, 1.165) is 23.3 Å². The summed E-state index contributed by atoms with van der Waals surface area (Å²) in [4.78, 5) is 14.9. The number of carbonyl (C=O) groups excluding carboxylic acids is 1. The number of nitrogens with one attached hydrogen (secondary N) is 1. The van der Waals surface area contributed by atoms with Gasteiger partial charge in [0.2, 0.25) is 0 Å². The molecule has 0 saturated heterocycles. The van der Waals surface area contributed by atoms with E-state index in [1.165, 1.54) is 29.5 Å². The van der Waals surface area contributed by atoms with Gasteiger partial charge in [0, 0.05) is 11.1 Å². The van der Waals surface area contributed by atoms with E-state index < -0.39 is 9.84 Å². The molecule has 0 bridgehead atoms. The standard InChI is InChI=1S/C18H21NO3S2/c1-12(13-7-9-15(10-8-13)24(2,21)22)19-18(20)17-11-14-5-3-4-6-16(14)23-17/h7-12H,3-6H2,1-2H3,(H,19,20). The molecule has 1 aliphatic carbocycles. The quantitative estimate of drug-likeness (QED) is 0.904. The number of benzene rings is 1. The maximum absolute atomic E-state index is 12.5. The predicted molar refractivity (Wildman–Crippen MR) is 96.4 cm³/mol. The van der Waals surface area contributed by atoms with Crippen molar-refractivity contribution < 1.29 is 13.2 Å². The van der Waals surface area contributed by atoms with Gasteiger partial charge in [-0.3, -0.25) is 4.79 Å². The van der Waals surface area contributed by atoms with Crippen molar-refractivity contribution in [3.05, 3.63) is 51.2 Å². The summed E-state index contributed by atoms with van der Waals surface area (Å²) in [5.74, 6) is -0.0610. The van der Waals surface area contributed by atoms with Crippen molar-refractivity contribution >= 4 is 27.1 Å². The van der Waals surface area contributed by atoms with Crippen LogP contribution in [0, 0.1) is 0 Å². The van der Waals surface area contributed by atoms with E-state index in [1.807, 2.05) is 13.0 Å². The first-order valence-corrected chi connectivity index (χ1v) is 10.8. The highest BCUT2D eigenvalue weighted by atomic mass is 32.2. The normalized spacial score (nSPS) is 15.6. The highest BCUT2D eigenvalue weighted by Gasteiger charge is 2.19. The van der Waals surface area contributed by atoms with Crippen LogP contribution in [-0.4, -0.2) is 20.6 Å². The SMILES string of the molecule is CC(NC(=O)c1cc2c(s1)CCCC2)c1ccc(S(C)(=O)=O)cc1. The number of fused-ring (bicyclic) bond motifs is 1. The van der Waals surface area contributed by atoms with Crippen LogP contribution in [0.2, 0.25) is 0 Å². The zero-order chi connectivity index (χ0) is 17.3. The minimum atomic E-state index is -3.20. The molecule has 1 N–H and O–H groups in total. The lowest BCUT2D eigenvalue weighted by atomic mass is 9.99. The van der Waals surface area contributed by atoms with Crippen LogP contribution in [0.5, 0.6) is 0 Å². The summed E-state index contributed by atoms with van der Waals surface area (Å²) in [6.07, 6.45) is 5.74. The third kappa shape index (κ3) is 3.70. The molecule has 0 saturated carbocycles. The van der Waals surface area contributed by atoms with Crippen LogP contribution in [0.3, 0.4) is 0 Å². The van der Waals surface area contributed by atoms with Gasteiger partial charge in [-0.15, -0.1) is 11.3 Å². The third-order valence-corrected chi connectivity index (χ3v) is 6.74. The van der Waals surface area contributed by atoms with Crippen LogP contribution >= 0.6 is 11.3 Å². The van der Waals surface area contributed by atoms with Crippen molar-refractivity contribution in [2.75, 3.05) is 6.26 Å². The summed E-state index contributed by atoms with van der Waals surface area (Å²) in [5, 5.41) is 3.00. The first-order valence-electron chi connectivity index (χ1n) is 8.07. The smallest absolute Gasteiger partial charge is 0.261 e. The fraction of sp³-hybridized carbons (Fsp3) is 0.389. The molecule has 0 aliphatic heterocycles. The molecule has 0 fully saturated rings. The van der Waals surface area contributed by atoms with Crippen molar-refractivity contribution in [3.63, 3.8) is 0 Å². The zero-order valence-electron chi connectivity index (χ0n) is 13.8. The third-order valence-electron chi connectivity index (χ3n) is 4.38. The minimum absolute atomic E-state index is 0.0610. The van der Waals surface area contributed by atoms with Gasteiger partial charge in [0.05, 0.1) is 15.8 Å². The molecule has 24 heavy (non-hydrogen) atoms. The Labute approximate surface area is 146 Å². The van der Waals surface area contributed by atoms with E-state index >= 15 is 0 Å². The Balaban J connectivity index is 1.71. The molecule has 6 heteroatoms. The van der Waals surface area contributed by atoms with Crippen LogP contribution in [0.15, 0.2) is 35.2 Å². The Morgan fingerprint density at radius 1 is 1.17 bits per heavy atom. The number of amides is 1. The molecule has 0 spiro atoms. The Morgan fingerprint density at radius 2 is 1.83 bits per heavy atom. The van der Waals surface area contributed by atoms with Gasteiger partial charge in [-0.2, -0.15) is 0 Å². The summed E-state index contributed by atoms with van der Waals surface area (Å²) in [5.41, 5.74) is 2.21. The Morgan fingerprint density at radius 3 is 2.46 bits per heavy atom. The fourth-order valence-corrected chi connectivity index (χ4v) is 4.74. The van der Waals surface area contributed by atoms with Gasteiger partial charge in [0.15, 0.2) is 9.84 Å². The second-order valence-corrected chi connectivity index (χ2v) is 9.46. The molecule has 1 heterocycles. The van der Waals surface area contributed by atoms with Crippen LogP contribution in [-0.2, 0) is 22.7 Å². The van der Waals surface area contributed by atoms with Crippen LogP contribution < -0.4 is 5.32 Å². The van der Waals surface area contributed by atoms with Crippen molar-refractivity contribution in [2.24, 2.45) is 0 Å². The van der Waals surface area contributed by atoms with Crippen molar-refractivity contribution in [1.29, 1.82) is 0 Å². The molecule has 1 unspecified atom stereocenters. The number of thiophene rings is 1. The maximum atomic E-state index is 12.5. The Kier molecular flexibility index (Phi) is 4.78. The molecular weight excluding hydrogens is 342 g/mol. The molecule has 1 aromatic carbocycles. The molecule has 4 nitrogen and oxygen atoms in total. The van der Waals surface area contributed by atoms with Gasteiger partial charge in [0.1, 0.15) is 0 Å². The molecule has 0 radical (unpaired) electrons. The summed E-state index contributed by atoms with van der Waals surface area (Å²) in [7, 11) is -3.20. The molecule has 1 amide bonds. The van der Waals surface area contributed by atoms with Gasteiger partial charge < -0.3 is 5.32 Å². The second kappa shape index (κ2) is 6.69. The summed E-state index contributed by atoms with van der Waals surface area (Å²) in [6.45, 7) is 1.90. The summed E-state index contributed by atoms with van der Waals surface area (Å²) < 4.78 is 23.0. The van der Waals surface area contributed by atoms with E-state index in [4.69, 9.17) is 0 Å². The number of hydrogen-bond donors (Lipinski definition) is 1. The predicted octanol–water partition coefficient (Wildman–Crippen LogP) is 3.52. The summed E-state index contributed by atoms with van der Waals surface area (Å²) >= 11 is 1.60. The second-order valence-electron chi connectivity index (χ2n) is 6.30. The van der Waals surface area contributed by atoms with E-state index in [0.29, 0.717) is 0 Å². The van der Waals surface area contributed by atoms with Crippen LogP contribution in [0.4, 0.5) is 0 Å². The monoisotopic (exact) mass is 363 g/mol. The van der Waals surface area contributed by atoms with Gasteiger partial charge in [-0.25, -0.2) is 8.42 Å². The average Bonchev–Trinajstić information content (AvgIpc) is 2.98. The fourth-order valence-electron chi connectivity index (χ4n) is 2.96. The molecule has 1 aliphatic rings. The van der Waals surface area contributed by atoms with Crippen molar-refractivity contribution in [2.45, 2.75) is 43.5 Å². The number of rotatable bonds is 4. The number of aryl methyl sites for hydroxylation is 2. The molecule has 1 atom stereocenters. The topological polar surface area (TPSA) is 63.2 Å². The van der Waals surface area contributed by atoms with Gasteiger partial charge in [-0.05, 0) is 61.9 Å². The largest absolute Gasteiger partial charge is 0.345 e. The first kappa shape index (κ1) is 17.2. The Bertz CT molecular complexity index is 827. The molecule has 2 aromatic rings. The van der Waals surface area contributed by atoms with Gasteiger partial charge >= 0.3 is 0 Å². The van der Waals surface area contributed by atoms with Crippen LogP contribution in [0.1, 0.15) is 51.5 Å². The number of sulfone groups is 1.